The van der Waals surface area contributed by atoms with Crippen molar-refractivity contribution in [3.05, 3.63) is 60.7 Å². The molecule has 2 aromatic rings. The van der Waals surface area contributed by atoms with E-state index < -0.39 is 8.32 Å². The molecule has 0 spiro atoms. The summed E-state index contributed by atoms with van der Waals surface area (Å²) in [6.07, 6.45) is 1.42. The SMILES string of the molecule is COC(=O)C1CC(C)(O[Si](c2ccccc2)(c2ccccc2)C(C)(C)C)C1. The molecule has 0 bridgehead atoms. The van der Waals surface area contributed by atoms with E-state index in [0.717, 1.165) is 0 Å². The van der Waals surface area contributed by atoms with Gasteiger partial charge in [0.15, 0.2) is 0 Å². The molecule has 2 aromatic carbocycles. The normalized spacial score (nSPS) is 22.8. The van der Waals surface area contributed by atoms with E-state index in [2.05, 4.69) is 88.4 Å². The van der Waals surface area contributed by atoms with Crippen molar-refractivity contribution < 1.29 is 14.0 Å². The summed E-state index contributed by atoms with van der Waals surface area (Å²) in [5.41, 5.74) is -0.315. The first-order chi connectivity index (χ1) is 12.7. The van der Waals surface area contributed by atoms with Gasteiger partial charge in [-0.05, 0) is 35.2 Å². The van der Waals surface area contributed by atoms with Crippen LogP contribution in [0.3, 0.4) is 0 Å². The standard InChI is InChI=1S/C23H30O3Si/c1-22(2,3)27(19-12-8-6-9-13-19,20-14-10-7-11-15-20)26-23(4)16-18(17-23)21(24)25-5/h6-15,18H,16-17H2,1-5H3. The van der Waals surface area contributed by atoms with Crippen LogP contribution in [-0.4, -0.2) is 27.0 Å². The summed E-state index contributed by atoms with van der Waals surface area (Å²) in [6.45, 7) is 8.98. The third-order valence-electron chi connectivity index (χ3n) is 5.71. The van der Waals surface area contributed by atoms with E-state index in [-0.39, 0.29) is 22.5 Å². The number of ether oxygens (including phenoxy) is 1. The quantitative estimate of drug-likeness (QED) is 0.581. The monoisotopic (exact) mass is 382 g/mol. The highest BCUT2D eigenvalue weighted by Gasteiger charge is 2.57. The lowest BCUT2D eigenvalue weighted by Crippen LogP contribution is -2.70. The molecule has 0 heterocycles. The second-order valence-corrected chi connectivity index (χ2v) is 13.1. The van der Waals surface area contributed by atoms with Crippen LogP contribution in [0.2, 0.25) is 5.04 Å². The second kappa shape index (κ2) is 7.25. The summed E-state index contributed by atoms with van der Waals surface area (Å²) in [5, 5.41) is 2.48. The van der Waals surface area contributed by atoms with Gasteiger partial charge in [0, 0.05) is 0 Å². The fourth-order valence-corrected chi connectivity index (χ4v) is 9.26. The summed E-state index contributed by atoms with van der Waals surface area (Å²) >= 11 is 0. The minimum Gasteiger partial charge on any atom is -0.469 e. The van der Waals surface area contributed by atoms with E-state index in [9.17, 15) is 4.79 Å². The van der Waals surface area contributed by atoms with E-state index in [0.29, 0.717) is 12.8 Å². The minimum absolute atomic E-state index is 0.0572. The zero-order valence-electron chi connectivity index (χ0n) is 17.0. The highest BCUT2D eigenvalue weighted by molar-refractivity contribution is 6.99. The molecule has 3 rings (SSSR count). The van der Waals surface area contributed by atoms with Gasteiger partial charge in [-0.3, -0.25) is 4.79 Å². The molecule has 0 aromatic heterocycles. The Kier molecular flexibility index (Phi) is 5.33. The number of esters is 1. The Morgan fingerprint density at radius 1 is 0.963 bits per heavy atom. The predicted molar refractivity (Wildman–Crippen MR) is 112 cm³/mol. The minimum atomic E-state index is -2.58. The largest absolute Gasteiger partial charge is 0.469 e. The highest BCUT2D eigenvalue weighted by Crippen LogP contribution is 2.47. The molecular weight excluding hydrogens is 352 g/mol. The number of hydrogen-bond donors (Lipinski definition) is 0. The Balaban J connectivity index is 2.07. The van der Waals surface area contributed by atoms with Crippen molar-refractivity contribution in [3.8, 4) is 0 Å². The Hall–Kier alpha value is -1.91. The lowest BCUT2D eigenvalue weighted by molar-refractivity contribution is -0.158. The zero-order valence-corrected chi connectivity index (χ0v) is 18.0. The van der Waals surface area contributed by atoms with Gasteiger partial charge < -0.3 is 9.16 Å². The van der Waals surface area contributed by atoms with Crippen molar-refractivity contribution in [1.82, 2.24) is 0 Å². The summed E-state index contributed by atoms with van der Waals surface area (Å²) in [7, 11) is -1.12. The van der Waals surface area contributed by atoms with Gasteiger partial charge in [0.1, 0.15) is 0 Å². The lowest BCUT2D eigenvalue weighted by Gasteiger charge is -2.53. The topological polar surface area (TPSA) is 35.5 Å². The first-order valence-corrected chi connectivity index (χ1v) is 11.5. The highest BCUT2D eigenvalue weighted by atomic mass is 28.4. The molecule has 0 aliphatic heterocycles. The van der Waals surface area contributed by atoms with Gasteiger partial charge in [-0.1, -0.05) is 81.4 Å². The van der Waals surface area contributed by atoms with Gasteiger partial charge in [0.25, 0.3) is 8.32 Å². The lowest BCUT2D eigenvalue weighted by atomic mass is 9.72. The second-order valence-electron chi connectivity index (χ2n) is 8.84. The van der Waals surface area contributed by atoms with Gasteiger partial charge in [0.2, 0.25) is 0 Å². The van der Waals surface area contributed by atoms with E-state index in [1.807, 2.05) is 0 Å². The first kappa shape index (κ1) is 19.8. The number of rotatable bonds is 5. The first-order valence-electron chi connectivity index (χ1n) is 9.61. The summed E-state index contributed by atoms with van der Waals surface area (Å²) in [4.78, 5) is 11.9. The molecule has 0 amide bonds. The summed E-state index contributed by atoms with van der Waals surface area (Å²) < 4.78 is 12.1. The maximum atomic E-state index is 11.9. The number of carbonyl (C=O) groups excluding carboxylic acids is 1. The third kappa shape index (κ3) is 3.61. The number of benzene rings is 2. The number of methoxy groups -OCH3 is 1. The molecule has 1 fully saturated rings. The molecule has 0 unspecified atom stereocenters. The van der Waals surface area contributed by atoms with Gasteiger partial charge in [-0.25, -0.2) is 0 Å². The molecule has 0 atom stereocenters. The van der Waals surface area contributed by atoms with Gasteiger partial charge in [-0.2, -0.15) is 0 Å². The van der Waals surface area contributed by atoms with Gasteiger partial charge in [0.05, 0.1) is 18.6 Å². The zero-order chi connectivity index (χ0) is 19.7. The van der Waals surface area contributed by atoms with Crippen molar-refractivity contribution in [3.63, 3.8) is 0 Å². The summed E-state index contributed by atoms with van der Waals surface area (Å²) in [6, 6.07) is 21.3. The molecular formula is C23H30O3Si. The van der Waals surface area contributed by atoms with Crippen LogP contribution in [-0.2, 0) is 14.0 Å². The molecule has 27 heavy (non-hydrogen) atoms. The van der Waals surface area contributed by atoms with Crippen LogP contribution in [0.5, 0.6) is 0 Å². The van der Waals surface area contributed by atoms with Crippen LogP contribution in [0.15, 0.2) is 60.7 Å². The number of hydrogen-bond acceptors (Lipinski definition) is 3. The molecule has 144 valence electrons. The predicted octanol–water partition coefficient (Wildman–Crippen LogP) is 3.90. The summed E-state index contributed by atoms with van der Waals surface area (Å²) in [5.74, 6) is -0.184. The van der Waals surface area contributed by atoms with E-state index >= 15 is 0 Å². The molecule has 0 radical (unpaired) electrons. The van der Waals surface area contributed by atoms with Crippen molar-refractivity contribution in [2.45, 2.75) is 51.2 Å². The van der Waals surface area contributed by atoms with Crippen LogP contribution in [0, 0.1) is 5.92 Å². The Morgan fingerprint density at radius 3 is 1.78 bits per heavy atom. The van der Waals surface area contributed by atoms with Crippen LogP contribution in [0.25, 0.3) is 0 Å². The van der Waals surface area contributed by atoms with Gasteiger partial charge in [-0.15, -0.1) is 0 Å². The number of carbonyl (C=O) groups is 1. The van der Waals surface area contributed by atoms with E-state index in [1.165, 1.54) is 17.5 Å². The maximum Gasteiger partial charge on any atom is 0.308 e. The molecule has 1 aliphatic rings. The Bertz CT molecular complexity index is 735. The average Bonchev–Trinajstić information content (AvgIpc) is 2.63. The van der Waals surface area contributed by atoms with Crippen LogP contribution in [0.1, 0.15) is 40.5 Å². The smallest absolute Gasteiger partial charge is 0.308 e. The van der Waals surface area contributed by atoms with Crippen LogP contribution >= 0.6 is 0 Å². The van der Waals surface area contributed by atoms with E-state index in [1.54, 1.807) is 0 Å². The molecule has 0 saturated heterocycles. The van der Waals surface area contributed by atoms with Gasteiger partial charge >= 0.3 is 5.97 Å². The van der Waals surface area contributed by atoms with Crippen molar-refractivity contribution in [1.29, 1.82) is 0 Å². The van der Waals surface area contributed by atoms with Crippen LogP contribution in [0.4, 0.5) is 0 Å². The maximum absolute atomic E-state index is 11.9. The molecule has 1 aliphatic carbocycles. The molecule has 1 saturated carbocycles. The van der Waals surface area contributed by atoms with Crippen molar-refractivity contribution in [2.24, 2.45) is 5.92 Å². The Labute approximate surface area is 163 Å². The fraction of sp³-hybridized carbons (Fsp3) is 0.435. The van der Waals surface area contributed by atoms with E-state index in [4.69, 9.17) is 9.16 Å². The van der Waals surface area contributed by atoms with Crippen molar-refractivity contribution in [2.75, 3.05) is 7.11 Å². The Morgan fingerprint density at radius 2 is 1.41 bits per heavy atom. The third-order valence-corrected chi connectivity index (χ3v) is 10.9. The molecule has 3 nitrogen and oxygen atoms in total. The average molecular weight is 383 g/mol. The van der Waals surface area contributed by atoms with Crippen LogP contribution < -0.4 is 10.4 Å². The molecule has 0 N–H and O–H groups in total. The van der Waals surface area contributed by atoms with Crippen molar-refractivity contribution >= 4 is 24.7 Å². The fourth-order valence-electron chi connectivity index (χ4n) is 4.42. The molecule has 4 heteroatoms.